The Labute approximate surface area is 166 Å². The molecule has 0 fully saturated rings. The van der Waals surface area contributed by atoms with Crippen molar-refractivity contribution in [2.45, 2.75) is 4.90 Å². The van der Waals surface area contributed by atoms with Gasteiger partial charge in [0.15, 0.2) is 5.82 Å². The molecule has 0 aliphatic heterocycles. The number of thiol groups is 1. The van der Waals surface area contributed by atoms with Crippen molar-refractivity contribution < 1.29 is 4.39 Å². The molecule has 0 saturated carbocycles. The highest BCUT2D eigenvalue weighted by Gasteiger charge is 2.16. The molecule has 0 atom stereocenters. The minimum Gasteiger partial charge on any atom is -0.396 e. The summed E-state index contributed by atoms with van der Waals surface area (Å²) < 4.78 is 15.9. The van der Waals surface area contributed by atoms with Crippen LogP contribution in [0.2, 0.25) is 5.02 Å². The minimum atomic E-state index is -0.460. The summed E-state index contributed by atoms with van der Waals surface area (Å²) in [6.45, 7) is 0. The third-order valence-corrected chi connectivity index (χ3v) is 4.42. The van der Waals surface area contributed by atoms with Gasteiger partial charge in [-0.3, -0.25) is 0 Å². The molecule has 2 heterocycles. The van der Waals surface area contributed by atoms with Gasteiger partial charge in [-0.25, -0.2) is 14.4 Å². The van der Waals surface area contributed by atoms with Crippen LogP contribution in [-0.2, 0) is 7.05 Å². The standard InChI is InChI=1S/C13H12FN5.C6H5ClS/c1-19-5-8(7-3-2-4-9(15)11(7)14)10-12(16)17-6-18-13(10)19;7-5-2-1-3-6(8)4-5/h2-6H,15H2,1H3,(H2,16,17,18);1-4,8H. The first-order valence-corrected chi connectivity index (χ1v) is 8.75. The Hall–Kier alpha value is -2.77. The molecule has 0 bridgehead atoms. The van der Waals surface area contributed by atoms with Gasteiger partial charge >= 0.3 is 0 Å². The zero-order chi connectivity index (χ0) is 19.6. The molecule has 138 valence electrons. The summed E-state index contributed by atoms with van der Waals surface area (Å²) >= 11 is 9.67. The van der Waals surface area contributed by atoms with Gasteiger partial charge in [-0.2, -0.15) is 0 Å². The Kier molecular flexibility index (Phi) is 5.53. The average molecular weight is 402 g/mol. The summed E-state index contributed by atoms with van der Waals surface area (Å²) in [5.74, 6) is -0.138. The molecule has 0 saturated heterocycles. The summed E-state index contributed by atoms with van der Waals surface area (Å²) in [4.78, 5) is 9.02. The van der Waals surface area contributed by atoms with Crippen molar-refractivity contribution in [2.75, 3.05) is 11.5 Å². The van der Waals surface area contributed by atoms with Gasteiger partial charge in [0.1, 0.15) is 17.8 Å². The number of nitrogen functional groups attached to an aromatic ring is 2. The number of benzene rings is 2. The monoisotopic (exact) mass is 401 g/mol. The van der Waals surface area contributed by atoms with Gasteiger partial charge < -0.3 is 16.0 Å². The number of fused-ring (bicyclic) bond motifs is 1. The fourth-order valence-corrected chi connectivity index (χ4v) is 3.16. The smallest absolute Gasteiger partial charge is 0.153 e. The molecule has 4 aromatic rings. The predicted octanol–water partition coefficient (Wildman–Crippen LogP) is 4.57. The maximum absolute atomic E-state index is 14.1. The van der Waals surface area contributed by atoms with Crippen LogP contribution in [0.1, 0.15) is 0 Å². The van der Waals surface area contributed by atoms with E-state index in [1.54, 1.807) is 29.0 Å². The van der Waals surface area contributed by atoms with Gasteiger partial charge in [0, 0.05) is 34.3 Å². The lowest BCUT2D eigenvalue weighted by molar-refractivity contribution is 0.636. The quantitative estimate of drug-likeness (QED) is 0.322. The zero-order valence-corrected chi connectivity index (χ0v) is 16.0. The van der Waals surface area contributed by atoms with Crippen molar-refractivity contribution >= 4 is 46.8 Å². The van der Waals surface area contributed by atoms with Crippen LogP contribution < -0.4 is 11.5 Å². The van der Waals surface area contributed by atoms with E-state index in [2.05, 4.69) is 22.6 Å². The first-order valence-electron chi connectivity index (χ1n) is 7.93. The molecule has 0 radical (unpaired) electrons. The van der Waals surface area contributed by atoms with Crippen molar-refractivity contribution in [1.29, 1.82) is 0 Å². The molecule has 2 aromatic carbocycles. The van der Waals surface area contributed by atoms with Gasteiger partial charge in [0.25, 0.3) is 0 Å². The Balaban J connectivity index is 0.000000221. The van der Waals surface area contributed by atoms with Crippen LogP contribution in [-0.4, -0.2) is 14.5 Å². The summed E-state index contributed by atoms with van der Waals surface area (Å²) in [5.41, 5.74) is 13.3. The average Bonchev–Trinajstić information content (AvgIpc) is 2.96. The number of aromatic nitrogens is 3. The van der Waals surface area contributed by atoms with E-state index in [1.165, 1.54) is 12.4 Å². The summed E-state index contributed by atoms with van der Waals surface area (Å²) in [6, 6.07) is 12.2. The van der Waals surface area contributed by atoms with Gasteiger partial charge in [0.05, 0.1) is 11.1 Å². The van der Waals surface area contributed by atoms with E-state index in [1.807, 2.05) is 25.2 Å². The second-order valence-corrected chi connectivity index (χ2v) is 6.75. The van der Waals surface area contributed by atoms with E-state index >= 15 is 0 Å². The molecular formula is C19H17ClFN5S. The molecule has 0 aliphatic carbocycles. The second-order valence-electron chi connectivity index (χ2n) is 5.80. The van der Waals surface area contributed by atoms with E-state index in [9.17, 15) is 4.39 Å². The number of nitrogens with two attached hydrogens (primary N) is 2. The third kappa shape index (κ3) is 3.99. The van der Waals surface area contributed by atoms with Crippen LogP contribution in [0, 0.1) is 5.82 Å². The Morgan fingerprint density at radius 1 is 1.07 bits per heavy atom. The van der Waals surface area contributed by atoms with Crippen molar-refractivity contribution in [3.63, 3.8) is 0 Å². The van der Waals surface area contributed by atoms with Gasteiger partial charge in [-0.1, -0.05) is 29.8 Å². The Morgan fingerprint density at radius 3 is 2.48 bits per heavy atom. The number of hydrogen-bond acceptors (Lipinski definition) is 5. The van der Waals surface area contributed by atoms with Crippen LogP contribution in [0.4, 0.5) is 15.9 Å². The number of anilines is 2. The van der Waals surface area contributed by atoms with Crippen LogP contribution in [0.15, 0.2) is 59.9 Å². The predicted molar refractivity (Wildman–Crippen MR) is 111 cm³/mol. The molecule has 2 aromatic heterocycles. The van der Waals surface area contributed by atoms with E-state index in [0.717, 1.165) is 9.92 Å². The summed E-state index contributed by atoms with van der Waals surface area (Å²) in [6.07, 6.45) is 3.16. The second kappa shape index (κ2) is 7.85. The zero-order valence-electron chi connectivity index (χ0n) is 14.4. The van der Waals surface area contributed by atoms with E-state index < -0.39 is 5.82 Å². The van der Waals surface area contributed by atoms with Crippen molar-refractivity contribution in [1.82, 2.24) is 14.5 Å². The van der Waals surface area contributed by atoms with Crippen molar-refractivity contribution in [3.05, 3.63) is 65.8 Å². The maximum Gasteiger partial charge on any atom is 0.153 e. The molecule has 0 unspecified atom stereocenters. The number of hydrogen-bond donors (Lipinski definition) is 3. The molecule has 5 nitrogen and oxygen atoms in total. The lowest BCUT2D eigenvalue weighted by atomic mass is 10.0. The lowest BCUT2D eigenvalue weighted by Gasteiger charge is -2.04. The molecule has 0 spiro atoms. The molecule has 4 rings (SSSR count). The van der Waals surface area contributed by atoms with Gasteiger partial charge in [-0.15, -0.1) is 12.6 Å². The van der Waals surface area contributed by atoms with E-state index in [-0.39, 0.29) is 5.69 Å². The first-order chi connectivity index (χ1) is 12.9. The highest BCUT2D eigenvalue weighted by Crippen LogP contribution is 2.34. The highest BCUT2D eigenvalue weighted by atomic mass is 35.5. The molecule has 0 aliphatic rings. The highest BCUT2D eigenvalue weighted by molar-refractivity contribution is 7.80. The summed E-state index contributed by atoms with van der Waals surface area (Å²) in [5, 5.41) is 1.37. The third-order valence-electron chi connectivity index (χ3n) is 3.91. The molecule has 4 N–H and O–H groups in total. The molecule has 27 heavy (non-hydrogen) atoms. The number of aryl methyl sites for hydroxylation is 1. The largest absolute Gasteiger partial charge is 0.396 e. The Bertz CT molecular complexity index is 1100. The van der Waals surface area contributed by atoms with Crippen LogP contribution >= 0.6 is 24.2 Å². The number of nitrogens with zero attached hydrogens (tertiary/aromatic N) is 3. The number of rotatable bonds is 1. The first kappa shape index (κ1) is 19.0. The maximum atomic E-state index is 14.1. The molecular weight excluding hydrogens is 385 g/mol. The Morgan fingerprint density at radius 2 is 1.81 bits per heavy atom. The van der Waals surface area contributed by atoms with Crippen molar-refractivity contribution in [3.8, 4) is 11.1 Å². The molecule has 0 amide bonds. The topological polar surface area (TPSA) is 82.8 Å². The minimum absolute atomic E-state index is 0.102. The van der Waals surface area contributed by atoms with Gasteiger partial charge in [-0.05, 0) is 24.3 Å². The normalized spacial score (nSPS) is 10.5. The van der Waals surface area contributed by atoms with Crippen LogP contribution in [0.5, 0.6) is 0 Å². The fraction of sp³-hybridized carbons (Fsp3) is 0.0526. The summed E-state index contributed by atoms with van der Waals surface area (Å²) in [7, 11) is 1.82. The van der Waals surface area contributed by atoms with Crippen LogP contribution in [0.3, 0.4) is 0 Å². The van der Waals surface area contributed by atoms with Gasteiger partial charge in [0.2, 0.25) is 0 Å². The van der Waals surface area contributed by atoms with E-state index in [4.69, 9.17) is 23.1 Å². The SMILES string of the molecule is Cn1cc(-c2cccc(N)c2F)c2c(N)ncnc21.Sc1cccc(Cl)c1. The molecule has 8 heteroatoms. The number of halogens is 2. The fourth-order valence-electron chi connectivity index (χ4n) is 2.67. The van der Waals surface area contributed by atoms with Crippen molar-refractivity contribution in [2.24, 2.45) is 7.05 Å². The lowest BCUT2D eigenvalue weighted by Crippen LogP contribution is -1.95. The van der Waals surface area contributed by atoms with Crippen LogP contribution in [0.25, 0.3) is 22.2 Å². The van der Waals surface area contributed by atoms with E-state index in [0.29, 0.717) is 28.0 Å².